The minimum absolute atomic E-state index is 0.0567. The summed E-state index contributed by atoms with van der Waals surface area (Å²) in [6.45, 7) is 0. The first kappa shape index (κ1) is 26.1. The molecule has 186 valence electrons. The number of nitrogens with one attached hydrogen (secondary N) is 1. The molecule has 0 aromatic heterocycles. The maximum absolute atomic E-state index is 13.0. The van der Waals surface area contributed by atoms with Crippen LogP contribution in [0.2, 0.25) is 5.02 Å². The molecule has 0 unspecified atom stereocenters. The van der Waals surface area contributed by atoms with Crippen LogP contribution in [0.15, 0.2) is 53.4 Å². The lowest BCUT2D eigenvalue weighted by molar-refractivity contribution is 0.324. The van der Waals surface area contributed by atoms with E-state index in [1.807, 2.05) is 6.08 Å². The monoisotopic (exact) mass is 520 g/mol. The highest BCUT2D eigenvalue weighted by molar-refractivity contribution is 7.92. The van der Waals surface area contributed by atoms with Crippen molar-refractivity contribution in [3.05, 3.63) is 64.7 Å². The molecule has 3 rings (SSSR count). The van der Waals surface area contributed by atoms with Crippen molar-refractivity contribution >= 4 is 39.5 Å². The molecule has 0 saturated heterocycles. The second-order valence-corrected chi connectivity index (χ2v) is 9.27. The quantitative estimate of drug-likeness (QED) is 0.360. The summed E-state index contributed by atoms with van der Waals surface area (Å²) in [5, 5.41) is 0.433. The Kier molecular flexibility index (Phi) is 8.37. The van der Waals surface area contributed by atoms with Gasteiger partial charge in [0.25, 0.3) is 10.0 Å². The van der Waals surface area contributed by atoms with Gasteiger partial charge in [0.2, 0.25) is 5.75 Å². The van der Waals surface area contributed by atoms with Crippen LogP contribution in [-0.2, 0) is 10.0 Å². The molecule has 0 atom stereocenters. The number of anilines is 1. The molecule has 8 nitrogen and oxygen atoms in total. The smallest absolute Gasteiger partial charge is 0.262 e. The molecular formula is C25H26ClNO7S. The Hall–Kier alpha value is -3.56. The maximum atomic E-state index is 13.0. The van der Waals surface area contributed by atoms with Crippen LogP contribution in [0.3, 0.4) is 0 Å². The molecule has 10 heteroatoms. The van der Waals surface area contributed by atoms with Gasteiger partial charge in [0.1, 0.15) is 0 Å². The fraction of sp³-hybridized carbons (Fsp3) is 0.200. The SMILES string of the molecule is COc1cc(/C=C\c2cc(OC)c(OC)c(OC)c2)cc(NS(=O)(=O)[13c]2ccc(Cl)cc2)c1OC. The minimum Gasteiger partial charge on any atom is -0.493 e. The lowest BCUT2D eigenvalue weighted by Crippen LogP contribution is -2.14. The summed E-state index contributed by atoms with van der Waals surface area (Å²) in [6.07, 6.45) is 3.62. The molecule has 1 N–H and O–H groups in total. The molecule has 0 aliphatic heterocycles. The van der Waals surface area contributed by atoms with E-state index >= 15 is 0 Å². The van der Waals surface area contributed by atoms with E-state index < -0.39 is 10.0 Å². The summed E-state index contributed by atoms with van der Waals surface area (Å²) in [5.41, 5.74) is 1.65. The van der Waals surface area contributed by atoms with E-state index in [1.165, 1.54) is 59.8 Å². The Labute approximate surface area is 210 Å². The summed E-state index contributed by atoms with van der Waals surface area (Å²) in [7, 11) is 3.61. The molecular weight excluding hydrogens is 495 g/mol. The summed E-state index contributed by atoms with van der Waals surface area (Å²) >= 11 is 5.89. The van der Waals surface area contributed by atoms with Gasteiger partial charge in [0, 0.05) is 5.02 Å². The molecule has 0 amide bonds. The third-order valence-corrected chi connectivity index (χ3v) is 6.66. The minimum atomic E-state index is -3.91. The first-order valence-electron chi connectivity index (χ1n) is 10.3. The van der Waals surface area contributed by atoms with Crippen LogP contribution >= 0.6 is 11.6 Å². The highest BCUT2D eigenvalue weighted by Gasteiger charge is 2.20. The zero-order valence-corrected chi connectivity index (χ0v) is 21.5. The molecule has 35 heavy (non-hydrogen) atoms. The Balaban J connectivity index is 2.02. The number of benzene rings is 3. The standard InChI is InChI=1S/C25H26ClNO7S/c1-30-21-13-16(6-7-17-14-22(31-2)25(34-5)23(15-17)32-3)12-20(24(21)33-4)27-35(28,29)19-10-8-18(26)9-11-19/h6-15,27H,1-5H3/b7-6-/i19+1. The number of sulfonamides is 1. The summed E-state index contributed by atoms with van der Waals surface area (Å²) in [5.74, 6) is 2.10. The molecule has 0 fully saturated rings. The predicted octanol–water partition coefficient (Wildman–Crippen LogP) is 5.35. The first-order chi connectivity index (χ1) is 16.8. The lowest BCUT2D eigenvalue weighted by Gasteiger charge is -2.16. The Bertz CT molecular complexity index is 1300. The molecule has 0 aliphatic rings. The van der Waals surface area contributed by atoms with Crippen molar-refractivity contribution in [3.8, 4) is 28.7 Å². The fourth-order valence-corrected chi connectivity index (χ4v) is 4.54. The second-order valence-electron chi connectivity index (χ2n) is 7.16. The number of methoxy groups -OCH3 is 5. The number of rotatable bonds is 10. The average Bonchev–Trinajstić information content (AvgIpc) is 2.86. The largest absolute Gasteiger partial charge is 0.493 e. The van der Waals surface area contributed by atoms with E-state index in [4.69, 9.17) is 35.3 Å². The van der Waals surface area contributed by atoms with Gasteiger partial charge in [-0.25, -0.2) is 8.42 Å². The summed E-state index contributed by atoms with van der Waals surface area (Å²) < 4.78 is 55.5. The molecule has 0 heterocycles. The summed E-state index contributed by atoms with van der Waals surface area (Å²) in [6, 6.07) is 12.8. The van der Waals surface area contributed by atoms with Crippen molar-refractivity contribution < 1.29 is 32.1 Å². The molecule has 0 radical (unpaired) electrons. The van der Waals surface area contributed by atoms with E-state index in [0.717, 1.165) is 5.56 Å². The Morgan fingerprint density at radius 1 is 0.686 bits per heavy atom. The molecule has 0 aliphatic carbocycles. The number of hydrogen-bond donors (Lipinski definition) is 1. The fourth-order valence-electron chi connectivity index (χ4n) is 3.37. The lowest BCUT2D eigenvalue weighted by atomic mass is 10.1. The third kappa shape index (κ3) is 5.93. The van der Waals surface area contributed by atoms with Crippen molar-refractivity contribution in [1.29, 1.82) is 0 Å². The van der Waals surface area contributed by atoms with E-state index in [1.54, 1.807) is 30.3 Å². The van der Waals surface area contributed by atoms with Crippen LogP contribution in [0, 0.1) is 0 Å². The number of ether oxygens (including phenoxy) is 5. The first-order valence-corrected chi connectivity index (χ1v) is 12.1. The van der Waals surface area contributed by atoms with Gasteiger partial charge in [0.15, 0.2) is 23.0 Å². The van der Waals surface area contributed by atoms with Crippen LogP contribution < -0.4 is 28.4 Å². The third-order valence-electron chi connectivity index (χ3n) is 5.02. The predicted molar refractivity (Wildman–Crippen MR) is 137 cm³/mol. The highest BCUT2D eigenvalue weighted by atomic mass is 35.5. The average molecular weight is 521 g/mol. The molecule has 3 aromatic rings. The highest BCUT2D eigenvalue weighted by Crippen LogP contribution is 2.40. The normalized spacial score (nSPS) is 11.3. The van der Waals surface area contributed by atoms with Gasteiger partial charge in [-0.1, -0.05) is 23.8 Å². The van der Waals surface area contributed by atoms with Gasteiger partial charge in [-0.15, -0.1) is 0 Å². The molecule has 3 aromatic carbocycles. The van der Waals surface area contributed by atoms with Crippen molar-refractivity contribution in [3.63, 3.8) is 0 Å². The zero-order valence-electron chi connectivity index (χ0n) is 19.9. The molecule has 0 saturated carbocycles. The van der Waals surface area contributed by atoms with Crippen LogP contribution in [0.1, 0.15) is 11.1 Å². The second kappa shape index (κ2) is 11.2. The van der Waals surface area contributed by atoms with E-state index in [9.17, 15) is 8.42 Å². The van der Waals surface area contributed by atoms with Gasteiger partial charge in [0.05, 0.1) is 46.1 Å². The Morgan fingerprint density at radius 2 is 1.14 bits per heavy atom. The number of halogens is 1. The van der Waals surface area contributed by atoms with Crippen molar-refractivity contribution in [2.75, 3.05) is 40.3 Å². The maximum Gasteiger partial charge on any atom is 0.262 e. The van der Waals surface area contributed by atoms with Crippen molar-refractivity contribution in [2.24, 2.45) is 0 Å². The summed E-state index contributed by atoms with van der Waals surface area (Å²) in [4.78, 5) is 0.0567. The van der Waals surface area contributed by atoms with Gasteiger partial charge in [-0.2, -0.15) is 0 Å². The van der Waals surface area contributed by atoms with Crippen molar-refractivity contribution in [2.45, 2.75) is 4.90 Å². The van der Waals surface area contributed by atoms with E-state index in [-0.39, 0.29) is 16.3 Å². The Morgan fingerprint density at radius 3 is 1.60 bits per heavy atom. The van der Waals surface area contributed by atoms with Gasteiger partial charge in [-0.3, -0.25) is 4.72 Å². The molecule has 0 bridgehead atoms. The topological polar surface area (TPSA) is 92.3 Å². The van der Waals surface area contributed by atoms with Crippen LogP contribution in [0.4, 0.5) is 5.69 Å². The van der Waals surface area contributed by atoms with Gasteiger partial charge < -0.3 is 23.7 Å². The van der Waals surface area contributed by atoms with E-state index in [2.05, 4.69) is 4.72 Å². The zero-order chi connectivity index (χ0) is 25.6. The van der Waals surface area contributed by atoms with E-state index in [0.29, 0.717) is 33.6 Å². The number of hydrogen-bond acceptors (Lipinski definition) is 7. The van der Waals surface area contributed by atoms with Crippen LogP contribution in [-0.4, -0.2) is 44.0 Å². The van der Waals surface area contributed by atoms with Crippen LogP contribution in [0.25, 0.3) is 12.2 Å². The van der Waals surface area contributed by atoms with Gasteiger partial charge in [-0.05, 0) is 59.7 Å². The van der Waals surface area contributed by atoms with Gasteiger partial charge >= 0.3 is 0 Å². The van der Waals surface area contributed by atoms with Crippen LogP contribution in [0.5, 0.6) is 28.7 Å². The molecule has 0 spiro atoms. The van der Waals surface area contributed by atoms with Crippen molar-refractivity contribution in [1.82, 2.24) is 0 Å².